The van der Waals surface area contributed by atoms with Crippen LogP contribution in [0, 0.1) is 0 Å². The van der Waals surface area contributed by atoms with Crippen LogP contribution in [0.3, 0.4) is 0 Å². The Morgan fingerprint density at radius 1 is 1.13 bits per heavy atom. The number of hydrogen-bond donors (Lipinski definition) is 1. The zero-order valence-corrected chi connectivity index (χ0v) is 13.6. The predicted octanol–water partition coefficient (Wildman–Crippen LogP) is 3.71. The average molecular weight is 328 g/mol. The molecular weight excluding hydrogens is 312 g/mol. The lowest BCUT2D eigenvalue weighted by Crippen LogP contribution is -2.30. The largest absolute Gasteiger partial charge is 0.497 e. The van der Waals surface area contributed by atoms with Crippen LogP contribution in [0.1, 0.15) is 6.92 Å². The summed E-state index contributed by atoms with van der Waals surface area (Å²) in [6.07, 6.45) is -0.629. The van der Waals surface area contributed by atoms with Crippen molar-refractivity contribution >= 4 is 32.6 Å². The van der Waals surface area contributed by atoms with E-state index in [1.165, 1.54) is 11.3 Å². The standard InChI is InChI=1S/C17H16N2O3S/c1-11(22-13-9-7-12(21-2)8-10-13)16(20)19-17-18-14-5-3-4-6-15(14)23-17/h3-11H,1-2H3,(H,18,19,20). The first kappa shape index (κ1) is 15.3. The molecule has 0 radical (unpaired) electrons. The number of para-hydroxylation sites is 1. The predicted molar refractivity (Wildman–Crippen MR) is 91.3 cm³/mol. The van der Waals surface area contributed by atoms with Crippen molar-refractivity contribution in [3.8, 4) is 11.5 Å². The summed E-state index contributed by atoms with van der Waals surface area (Å²) in [6.45, 7) is 1.70. The number of carbonyl (C=O) groups is 1. The molecule has 23 heavy (non-hydrogen) atoms. The van der Waals surface area contributed by atoms with Gasteiger partial charge in [-0.2, -0.15) is 0 Å². The van der Waals surface area contributed by atoms with Gasteiger partial charge in [0, 0.05) is 0 Å². The second-order valence-corrected chi connectivity index (χ2v) is 5.94. The van der Waals surface area contributed by atoms with Gasteiger partial charge < -0.3 is 9.47 Å². The number of fused-ring (bicyclic) bond motifs is 1. The van der Waals surface area contributed by atoms with E-state index in [0.29, 0.717) is 10.9 Å². The topological polar surface area (TPSA) is 60.5 Å². The summed E-state index contributed by atoms with van der Waals surface area (Å²) < 4.78 is 11.8. The molecule has 2 aromatic carbocycles. The van der Waals surface area contributed by atoms with E-state index in [1.54, 1.807) is 38.3 Å². The summed E-state index contributed by atoms with van der Waals surface area (Å²) in [5.74, 6) is 1.11. The number of aromatic nitrogens is 1. The minimum atomic E-state index is -0.629. The summed E-state index contributed by atoms with van der Waals surface area (Å²) in [5, 5.41) is 3.36. The molecule has 0 aliphatic rings. The van der Waals surface area contributed by atoms with Crippen molar-refractivity contribution in [3.05, 3.63) is 48.5 Å². The highest BCUT2D eigenvalue weighted by atomic mass is 32.1. The summed E-state index contributed by atoms with van der Waals surface area (Å²) in [6, 6.07) is 14.9. The molecule has 0 saturated heterocycles. The lowest BCUT2D eigenvalue weighted by atomic mass is 10.3. The summed E-state index contributed by atoms with van der Waals surface area (Å²) in [7, 11) is 1.60. The first-order valence-corrected chi connectivity index (χ1v) is 7.94. The first-order chi connectivity index (χ1) is 11.2. The van der Waals surface area contributed by atoms with Gasteiger partial charge in [-0.05, 0) is 43.3 Å². The number of carbonyl (C=O) groups excluding carboxylic acids is 1. The van der Waals surface area contributed by atoms with Crippen LogP contribution < -0.4 is 14.8 Å². The second-order valence-electron chi connectivity index (χ2n) is 4.91. The van der Waals surface area contributed by atoms with E-state index in [9.17, 15) is 4.79 Å². The van der Waals surface area contributed by atoms with Gasteiger partial charge in [0.25, 0.3) is 5.91 Å². The molecule has 6 heteroatoms. The van der Waals surface area contributed by atoms with Gasteiger partial charge in [0.15, 0.2) is 11.2 Å². The zero-order valence-electron chi connectivity index (χ0n) is 12.8. The third kappa shape index (κ3) is 3.60. The van der Waals surface area contributed by atoms with Crippen molar-refractivity contribution in [1.29, 1.82) is 0 Å². The molecule has 118 valence electrons. The van der Waals surface area contributed by atoms with E-state index in [4.69, 9.17) is 9.47 Å². The molecule has 1 unspecified atom stereocenters. The van der Waals surface area contributed by atoms with Crippen molar-refractivity contribution in [2.45, 2.75) is 13.0 Å². The van der Waals surface area contributed by atoms with Crippen LogP contribution >= 0.6 is 11.3 Å². The van der Waals surface area contributed by atoms with Gasteiger partial charge in [0.2, 0.25) is 0 Å². The summed E-state index contributed by atoms with van der Waals surface area (Å²) in [5.41, 5.74) is 0.872. The van der Waals surface area contributed by atoms with Gasteiger partial charge in [-0.1, -0.05) is 23.5 Å². The average Bonchev–Trinajstić information content (AvgIpc) is 2.97. The van der Waals surface area contributed by atoms with Crippen molar-refractivity contribution in [2.75, 3.05) is 12.4 Å². The van der Waals surface area contributed by atoms with Crippen molar-refractivity contribution in [2.24, 2.45) is 0 Å². The first-order valence-electron chi connectivity index (χ1n) is 7.13. The van der Waals surface area contributed by atoms with Crippen LogP contribution in [0.4, 0.5) is 5.13 Å². The Morgan fingerprint density at radius 3 is 2.52 bits per heavy atom. The lowest BCUT2D eigenvalue weighted by molar-refractivity contribution is -0.122. The van der Waals surface area contributed by atoms with Crippen LogP contribution in [-0.2, 0) is 4.79 Å². The van der Waals surface area contributed by atoms with Crippen LogP contribution in [0.25, 0.3) is 10.2 Å². The molecule has 3 aromatic rings. The maximum atomic E-state index is 12.2. The zero-order chi connectivity index (χ0) is 16.2. The van der Waals surface area contributed by atoms with Crippen molar-refractivity contribution < 1.29 is 14.3 Å². The Balaban J connectivity index is 1.64. The number of hydrogen-bond acceptors (Lipinski definition) is 5. The number of benzene rings is 2. The van der Waals surface area contributed by atoms with Gasteiger partial charge in [0.05, 0.1) is 17.3 Å². The van der Waals surface area contributed by atoms with E-state index in [-0.39, 0.29) is 5.91 Å². The SMILES string of the molecule is COc1ccc(OC(C)C(=O)Nc2nc3ccccc3s2)cc1. The summed E-state index contributed by atoms with van der Waals surface area (Å²) >= 11 is 1.44. The highest BCUT2D eigenvalue weighted by Gasteiger charge is 2.16. The molecule has 1 N–H and O–H groups in total. The van der Waals surface area contributed by atoms with E-state index < -0.39 is 6.10 Å². The molecule has 1 aromatic heterocycles. The number of rotatable bonds is 5. The molecule has 3 rings (SSSR count). The Labute approximate surface area is 137 Å². The molecule has 0 spiro atoms. The molecule has 1 atom stereocenters. The quantitative estimate of drug-likeness (QED) is 0.775. The number of ether oxygens (including phenoxy) is 2. The molecule has 5 nitrogen and oxygen atoms in total. The maximum absolute atomic E-state index is 12.2. The highest BCUT2D eigenvalue weighted by Crippen LogP contribution is 2.25. The van der Waals surface area contributed by atoms with Crippen molar-refractivity contribution in [1.82, 2.24) is 4.98 Å². The summed E-state index contributed by atoms with van der Waals surface area (Å²) in [4.78, 5) is 16.6. The van der Waals surface area contributed by atoms with Crippen LogP contribution in [0.15, 0.2) is 48.5 Å². The van der Waals surface area contributed by atoms with Gasteiger partial charge in [-0.25, -0.2) is 4.98 Å². The van der Waals surface area contributed by atoms with Gasteiger partial charge in [-0.15, -0.1) is 0 Å². The fourth-order valence-electron chi connectivity index (χ4n) is 2.04. The monoisotopic (exact) mass is 328 g/mol. The van der Waals surface area contributed by atoms with Gasteiger partial charge >= 0.3 is 0 Å². The molecule has 0 fully saturated rings. The maximum Gasteiger partial charge on any atom is 0.266 e. The number of thiazole rings is 1. The van der Waals surface area contributed by atoms with E-state index in [1.807, 2.05) is 24.3 Å². The lowest BCUT2D eigenvalue weighted by Gasteiger charge is -2.13. The number of nitrogens with zero attached hydrogens (tertiary/aromatic N) is 1. The number of anilines is 1. The van der Waals surface area contributed by atoms with Crippen LogP contribution in [0.5, 0.6) is 11.5 Å². The Kier molecular flexibility index (Phi) is 4.43. The van der Waals surface area contributed by atoms with E-state index in [0.717, 1.165) is 16.0 Å². The van der Waals surface area contributed by atoms with Gasteiger partial charge in [-0.3, -0.25) is 10.1 Å². The normalized spacial score (nSPS) is 11.9. The number of amides is 1. The van der Waals surface area contributed by atoms with Crippen LogP contribution in [0.2, 0.25) is 0 Å². The third-order valence-electron chi connectivity index (χ3n) is 3.27. The Bertz CT molecular complexity index is 781. The molecule has 0 aliphatic carbocycles. The molecular formula is C17H16N2O3S. The smallest absolute Gasteiger partial charge is 0.266 e. The van der Waals surface area contributed by atoms with Crippen molar-refractivity contribution in [3.63, 3.8) is 0 Å². The Morgan fingerprint density at radius 2 is 1.83 bits per heavy atom. The molecule has 1 heterocycles. The van der Waals surface area contributed by atoms with E-state index >= 15 is 0 Å². The van der Waals surface area contributed by atoms with Crippen LogP contribution in [-0.4, -0.2) is 24.1 Å². The highest BCUT2D eigenvalue weighted by molar-refractivity contribution is 7.22. The minimum Gasteiger partial charge on any atom is -0.497 e. The second kappa shape index (κ2) is 6.66. The molecule has 0 aliphatic heterocycles. The fourth-order valence-corrected chi connectivity index (χ4v) is 2.91. The number of nitrogens with one attached hydrogen (secondary N) is 1. The molecule has 0 bridgehead atoms. The van der Waals surface area contributed by atoms with E-state index in [2.05, 4.69) is 10.3 Å². The van der Waals surface area contributed by atoms with Gasteiger partial charge in [0.1, 0.15) is 11.5 Å². The minimum absolute atomic E-state index is 0.236. The third-order valence-corrected chi connectivity index (χ3v) is 4.22. The fraction of sp³-hybridized carbons (Fsp3) is 0.176. The Hall–Kier alpha value is -2.60. The number of methoxy groups -OCH3 is 1. The molecule has 1 amide bonds. The molecule has 0 saturated carbocycles.